The van der Waals surface area contributed by atoms with E-state index < -0.39 is 0 Å². The summed E-state index contributed by atoms with van der Waals surface area (Å²) in [5, 5.41) is 11.4. The van der Waals surface area contributed by atoms with Crippen molar-refractivity contribution in [1.82, 2.24) is 9.66 Å². The average molecular weight is 222 g/mol. The fourth-order valence-corrected chi connectivity index (χ4v) is 1.83. The van der Waals surface area contributed by atoms with Crippen LogP contribution in [0.1, 0.15) is 5.69 Å². The predicted molar refractivity (Wildman–Crippen MR) is 58.3 cm³/mol. The highest BCUT2D eigenvalue weighted by molar-refractivity contribution is 7.07. The van der Waals surface area contributed by atoms with Crippen LogP contribution in [0.25, 0.3) is 0 Å². The highest BCUT2D eigenvalue weighted by Crippen LogP contribution is 2.20. The van der Waals surface area contributed by atoms with E-state index in [0.717, 1.165) is 5.69 Å². The summed E-state index contributed by atoms with van der Waals surface area (Å²) in [5.41, 5.74) is 0.911. The maximum absolute atomic E-state index is 9.47. The first kappa shape index (κ1) is 9.72. The number of aryl methyl sites for hydroxylation is 1. The zero-order valence-electron chi connectivity index (χ0n) is 8.08. The van der Waals surface area contributed by atoms with Gasteiger partial charge in [-0.15, -0.1) is 11.3 Å². The molecular formula is C9H10N4OS. The molecule has 0 unspecified atom stereocenters. The highest BCUT2D eigenvalue weighted by Gasteiger charge is 2.01. The van der Waals surface area contributed by atoms with Crippen molar-refractivity contribution in [2.45, 2.75) is 6.92 Å². The van der Waals surface area contributed by atoms with Crippen molar-refractivity contribution in [3.63, 3.8) is 0 Å². The Morgan fingerprint density at radius 1 is 1.60 bits per heavy atom. The summed E-state index contributed by atoms with van der Waals surface area (Å²) in [7, 11) is 0. The van der Waals surface area contributed by atoms with Crippen molar-refractivity contribution in [3.8, 4) is 5.75 Å². The minimum atomic E-state index is 0.0450. The zero-order valence-corrected chi connectivity index (χ0v) is 8.90. The lowest BCUT2D eigenvalue weighted by Gasteiger charge is -1.96. The van der Waals surface area contributed by atoms with Gasteiger partial charge in [0.2, 0.25) is 4.80 Å². The molecule has 2 aromatic rings. The summed E-state index contributed by atoms with van der Waals surface area (Å²) in [6.07, 6.45) is 1.57. The van der Waals surface area contributed by atoms with Crippen LogP contribution >= 0.6 is 11.3 Å². The van der Waals surface area contributed by atoms with Gasteiger partial charge in [-0.2, -0.15) is 4.99 Å². The van der Waals surface area contributed by atoms with Crippen LogP contribution in [0.5, 0.6) is 5.75 Å². The standard InChI is InChI=1S/C9H10N4OS/c1-6-5-15-9(13(6)10)12-8-7(14)3-2-4-11-8/h2-5,14H,10H2,1H3/b12-9-. The number of aromatic nitrogens is 2. The molecule has 0 aliphatic rings. The van der Waals surface area contributed by atoms with E-state index >= 15 is 0 Å². The summed E-state index contributed by atoms with van der Waals surface area (Å²) < 4.78 is 1.46. The number of pyridine rings is 1. The third-order valence-electron chi connectivity index (χ3n) is 1.89. The number of nitrogens with zero attached hydrogens (tertiary/aromatic N) is 3. The molecule has 0 bridgehead atoms. The number of aromatic hydroxyl groups is 1. The lowest BCUT2D eigenvalue weighted by molar-refractivity contribution is 0.474. The van der Waals surface area contributed by atoms with E-state index in [9.17, 15) is 5.11 Å². The molecule has 0 saturated heterocycles. The van der Waals surface area contributed by atoms with Gasteiger partial charge in [0.15, 0.2) is 11.6 Å². The molecule has 2 aromatic heterocycles. The first-order valence-electron chi connectivity index (χ1n) is 4.29. The van der Waals surface area contributed by atoms with Gasteiger partial charge in [-0.25, -0.2) is 9.66 Å². The zero-order chi connectivity index (χ0) is 10.8. The van der Waals surface area contributed by atoms with Crippen molar-refractivity contribution in [3.05, 3.63) is 34.2 Å². The quantitative estimate of drug-likeness (QED) is 0.704. The van der Waals surface area contributed by atoms with Gasteiger partial charge in [0.1, 0.15) is 0 Å². The molecule has 6 heteroatoms. The van der Waals surface area contributed by atoms with Crippen LogP contribution < -0.4 is 10.6 Å². The minimum Gasteiger partial charge on any atom is -0.504 e. The number of nitrogens with two attached hydrogens (primary N) is 1. The minimum absolute atomic E-state index is 0.0450. The number of thiazole rings is 1. The molecule has 0 aliphatic heterocycles. The van der Waals surface area contributed by atoms with E-state index in [-0.39, 0.29) is 11.6 Å². The lowest BCUT2D eigenvalue weighted by Crippen LogP contribution is -2.23. The summed E-state index contributed by atoms with van der Waals surface area (Å²) in [6.45, 7) is 1.88. The van der Waals surface area contributed by atoms with Crippen molar-refractivity contribution in [1.29, 1.82) is 0 Å². The molecule has 2 rings (SSSR count). The topological polar surface area (TPSA) is 76.4 Å². The summed E-state index contributed by atoms with van der Waals surface area (Å²) in [6, 6.07) is 3.18. The average Bonchev–Trinajstić information content (AvgIpc) is 2.53. The Hall–Kier alpha value is -1.82. The van der Waals surface area contributed by atoms with E-state index in [1.165, 1.54) is 22.1 Å². The Kier molecular flexibility index (Phi) is 2.42. The Bertz CT molecular complexity index is 543. The van der Waals surface area contributed by atoms with E-state index in [1.54, 1.807) is 12.3 Å². The van der Waals surface area contributed by atoms with Crippen LogP contribution in [0.2, 0.25) is 0 Å². The maximum Gasteiger partial charge on any atom is 0.210 e. The van der Waals surface area contributed by atoms with Crippen molar-refractivity contribution >= 4 is 17.2 Å². The molecular weight excluding hydrogens is 212 g/mol. The first-order chi connectivity index (χ1) is 7.18. The molecule has 0 fully saturated rings. The third kappa shape index (κ3) is 1.84. The van der Waals surface area contributed by atoms with Crippen LogP contribution in [0, 0.1) is 6.92 Å². The van der Waals surface area contributed by atoms with Gasteiger partial charge in [0.25, 0.3) is 0 Å². The lowest BCUT2D eigenvalue weighted by atomic mass is 10.4. The number of rotatable bonds is 1. The van der Waals surface area contributed by atoms with Gasteiger partial charge in [-0.3, -0.25) is 0 Å². The van der Waals surface area contributed by atoms with Crippen molar-refractivity contribution in [2.24, 2.45) is 4.99 Å². The normalized spacial score (nSPS) is 11.9. The van der Waals surface area contributed by atoms with Gasteiger partial charge in [0, 0.05) is 17.3 Å². The van der Waals surface area contributed by atoms with Crippen LogP contribution in [0.15, 0.2) is 28.7 Å². The van der Waals surface area contributed by atoms with Gasteiger partial charge in [0.05, 0.1) is 0 Å². The third-order valence-corrected chi connectivity index (χ3v) is 2.85. The smallest absolute Gasteiger partial charge is 0.210 e. The maximum atomic E-state index is 9.47. The van der Waals surface area contributed by atoms with Crippen LogP contribution in [0.3, 0.4) is 0 Å². The highest BCUT2D eigenvalue weighted by atomic mass is 32.1. The second-order valence-electron chi connectivity index (χ2n) is 2.99. The second-order valence-corrected chi connectivity index (χ2v) is 3.82. The molecule has 0 radical (unpaired) electrons. The monoisotopic (exact) mass is 222 g/mol. The number of hydrogen-bond donors (Lipinski definition) is 2. The van der Waals surface area contributed by atoms with Gasteiger partial charge >= 0.3 is 0 Å². The Morgan fingerprint density at radius 2 is 2.40 bits per heavy atom. The van der Waals surface area contributed by atoms with Crippen LogP contribution in [-0.4, -0.2) is 14.8 Å². The molecule has 78 valence electrons. The number of nitrogen functional groups attached to an aromatic ring is 1. The fourth-order valence-electron chi connectivity index (χ4n) is 1.05. The summed E-state index contributed by atoms with van der Waals surface area (Å²) in [5.74, 6) is 6.05. The summed E-state index contributed by atoms with van der Waals surface area (Å²) >= 11 is 1.40. The second kappa shape index (κ2) is 3.74. The molecule has 0 aliphatic carbocycles. The van der Waals surface area contributed by atoms with E-state index in [2.05, 4.69) is 9.98 Å². The molecule has 3 N–H and O–H groups in total. The van der Waals surface area contributed by atoms with Gasteiger partial charge < -0.3 is 10.9 Å². The first-order valence-corrected chi connectivity index (χ1v) is 5.17. The van der Waals surface area contributed by atoms with E-state index in [1.807, 2.05) is 12.3 Å². The predicted octanol–water partition coefficient (Wildman–Crippen LogP) is 0.905. The van der Waals surface area contributed by atoms with Gasteiger partial charge in [-0.05, 0) is 19.1 Å². The molecule has 0 atom stereocenters. The fraction of sp³-hybridized carbons (Fsp3) is 0.111. The van der Waals surface area contributed by atoms with Crippen molar-refractivity contribution in [2.75, 3.05) is 5.84 Å². The molecule has 0 amide bonds. The molecule has 0 saturated carbocycles. The largest absolute Gasteiger partial charge is 0.504 e. The van der Waals surface area contributed by atoms with Crippen molar-refractivity contribution < 1.29 is 5.11 Å². The molecule has 0 spiro atoms. The molecule has 0 aromatic carbocycles. The molecule has 2 heterocycles. The Labute approximate surface area is 90.1 Å². The Morgan fingerprint density at radius 3 is 3.00 bits per heavy atom. The van der Waals surface area contributed by atoms with Gasteiger partial charge in [-0.1, -0.05) is 0 Å². The molecule has 5 nitrogen and oxygen atoms in total. The molecule has 15 heavy (non-hydrogen) atoms. The Balaban J connectivity index is 2.56. The van der Waals surface area contributed by atoms with E-state index in [4.69, 9.17) is 5.84 Å². The van der Waals surface area contributed by atoms with E-state index in [0.29, 0.717) is 4.80 Å². The number of hydrogen-bond acceptors (Lipinski definition) is 5. The summed E-state index contributed by atoms with van der Waals surface area (Å²) in [4.78, 5) is 8.70. The van der Waals surface area contributed by atoms with Crippen LogP contribution in [0.4, 0.5) is 5.82 Å². The SMILES string of the molecule is Cc1cs/c(=N\c2ncccc2O)n1N. The van der Waals surface area contributed by atoms with Crippen LogP contribution in [-0.2, 0) is 0 Å².